The predicted octanol–water partition coefficient (Wildman–Crippen LogP) is 3.30. The SMILES string of the molecule is OCCC(F)(F)c1c[nH]c2cc(Cl)ccc12. The molecule has 5 heteroatoms. The first-order valence-corrected chi connectivity index (χ1v) is 5.18. The summed E-state index contributed by atoms with van der Waals surface area (Å²) in [6, 6.07) is 4.71. The number of aromatic nitrogens is 1. The van der Waals surface area contributed by atoms with E-state index in [1.54, 1.807) is 18.2 Å². The zero-order valence-electron chi connectivity index (χ0n) is 8.30. The lowest BCUT2D eigenvalue weighted by molar-refractivity contribution is -0.0255. The summed E-state index contributed by atoms with van der Waals surface area (Å²) in [7, 11) is 0. The van der Waals surface area contributed by atoms with Gasteiger partial charge in [-0.3, -0.25) is 0 Å². The molecule has 0 amide bonds. The average molecular weight is 246 g/mol. The van der Waals surface area contributed by atoms with E-state index < -0.39 is 19.0 Å². The lowest BCUT2D eigenvalue weighted by Gasteiger charge is -2.13. The number of hydrogen-bond donors (Lipinski definition) is 2. The van der Waals surface area contributed by atoms with Crippen molar-refractivity contribution < 1.29 is 13.9 Å². The van der Waals surface area contributed by atoms with Gasteiger partial charge in [-0.25, -0.2) is 8.78 Å². The molecule has 0 bridgehead atoms. The van der Waals surface area contributed by atoms with Crippen LogP contribution in [0.1, 0.15) is 12.0 Å². The summed E-state index contributed by atoms with van der Waals surface area (Å²) in [5.41, 5.74) is 0.466. The average Bonchev–Trinajstić information content (AvgIpc) is 2.60. The van der Waals surface area contributed by atoms with E-state index in [1.807, 2.05) is 0 Å². The fraction of sp³-hybridized carbons (Fsp3) is 0.273. The quantitative estimate of drug-likeness (QED) is 0.855. The van der Waals surface area contributed by atoms with Crippen molar-refractivity contribution in [1.29, 1.82) is 0 Å². The minimum absolute atomic E-state index is 0.104. The number of halogens is 3. The van der Waals surface area contributed by atoms with E-state index in [1.165, 1.54) is 6.20 Å². The van der Waals surface area contributed by atoms with Gasteiger partial charge in [-0.15, -0.1) is 0 Å². The molecule has 0 atom stereocenters. The second-order valence-corrected chi connectivity index (χ2v) is 4.01. The first-order valence-electron chi connectivity index (χ1n) is 4.80. The summed E-state index contributed by atoms with van der Waals surface area (Å²) in [5.74, 6) is -3.03. The fourth-order valence-corrected chi connectivity index (χ4v) is 1.85. The highest BCUT2D eigenvalue weighted by Crippen LogP contribution is 2.36. The molecule has 0 fully saturated rings. The lowest BCUT2D eigenvalue weighted by Crippen LogP contribution is -2.14. The highest BCUT2D eigenvalue weighted by atomic mass is 35.5. The number of fused-ring (bicyclic) bond motifs is 1. The predicted molar refractivity (Wildman–Crippen MR) is 58.9 cm³/mol. The van der Waals surface area contributed by atoms with Crippen LogP contribution in [0.15, 0.2) is 24.4 Å². The molecule has 0 unspecified atom stereocenters. The van der Waals surface area contributed by atoms with E-state index in [0.717, 1.165) is 0 Å². The summed E-state index contributed by atoms with van der Waals surface area (Å²) in [6.45, 7) is -0.548. The van der Waals surface area contributed by atoms with Gasteiger partial charge < -0.3 is 10.1 Å². The molecule has 0 spiro atoms. The minimum atomic E-state index is -3.03. The molecule has 0 aliphatic carbocycles. The number of benzene rings is 1. The van der Waals surface area contributed by atoms with Crippen LogP contribution in [0.5, 0.6) is 0 Å². The number of alkyl halides is 2. The van der Waals surface area contributed by atoms with Gasteiger partial charge in [0.25, 0.3) is 5.92 Å². The molecule has 1 heterocycles. The number of nitrogens with one attached hydrogen (secondary N) is 1. The molecule has 0 aliphatic heterocycles. The van der Waals surface area contributed by atoms with Gasteiger partial charge in [-0.1, -0.05) is 17.7 Å². The van der Waals surface area contributed by atoms with Crippen molar-refractivity contribution in [3.05, 3.63) is 35.0 Å². The highest BCUT2D eigenvalue weighted by Gasteiger charge is 2.33. The Hall–Kier alpha value is -1.13. The van der Waals surface area contributed by atoms with Crippen LogP contribution in [-0.2, 0) is 5.92 Å². The normalized spacial score (nSPS) is 12.2. The highest BCUT2D eigenvalue weighted by molar-refractivity contribution is 6.31. The van der Waals surface area contributed by atoms with E-state index >= 15 is 0 Å². The Bertz CT molecular complexity index is 510. The van der Waals surface area contributed by atoms with Crippen LogP contribution in [0.4, 0.5) is 8.78 Å². The first-order chi connectivity index (χ1) is 7.54. The molecule has 2 nitrogen and oxygen atoms in total. The Morgan fingerprint density at radius 2 is 2.12 bits per heavy atom. The van der Waals surface area contributed by atoms with Crippen LogP contribution < -0.4 is 0 Å². The van der Waals surface area contributed by atoms with Gasteiger partial charge in [-0.2, -0.15) is 0 Å². The molecule has 1 aromatic carbocycles. The molecular weight excluding hydrogens is 236 g/mol. The maximum Gasteiger partial charge on any atom is 0.277 e. The summed E-state index contributed by atoms with van der Waals surface area (Å²) < 4.78 is 27.2. The Labute approximate surface area is 95.8 Å². The van der Waals surface area contributed by atoms with Crippen LogP contribution >= 0.6 is 11.6 Å². The van der Waals surface area contributed by atoms with Crippen molar-refractivity contribution in [2.24, 2.45) is 0 Å². The van der Waals surface area contributed by atoms with E-state index in [-0.39, 0.29) is 5.56 Å². The van der Waals surface area contributed by atoms with Crippen molar-refractivity contribution in [1.82, 2.24) is 4.98 Å². The molecule has 0 aliphatic rings. The van der Waals surface area contributed by atoms with Crippen LogP contribution in [-0.4, -0.2) is 16.7 Å². The van der Waals surface area contributed by atoms with Crippen molar-refractivity contribution in [2.45, 2.75) is 12.3 Å². The van der Waals surface area contributed by atoms with Gasteiger partial charge in [0.2, 0.25) is 0 Å². The topological polar surface area (TPSA) is 36.0 Å². The largest absolute Gasteiger partial charge is 0.396 e. The van der Waals surface area contributed by atoms with Gasteiger partial charge in [0.15, 0.2) is 0 Å². The van der Waals surface area contributed by atoms with Crippen LogP contribution in [0, 0.1) is 0 Å². The number of aliphatic hydroxyl groups is 1. The third-order valence-corrected chi connectivity index (χ3v) is 2.70. The smallest absolute Gasteiger partial charge is 0.277 e. The van der Waals surface area contributed by atoms with Gasteiger partial charge >= 0.3 is 0 Å². The Morgan fingerprint density at radius 1 is 1.38 bits per heavy atom. The van der Waals surface area contributed by atoms with Crippen LogP contribution in [0.25, 0.3) is 10.9 Å². The van der Waals surface area contributed by atoms with E-state index in [4.69, 9.17) is 16.7 Å². The number of rotatable bonds is 3. The number of aromatic amines is 1. The fourth-order valence-electron chi connectivity index (χ4n) is 1.68. The Balaban J connectivity index is 2.53. The summed E-state index contributed by atoms with van der Waals surface area (Å²) >= 11 is 5.76. The van der Waals surface area contributed by atoms with E-state index in [0.29, 0.717) is 15.9 Å². The van der Waals surface area contributed by atoms with Crippen LogP contribution in [0.3, 0.4) is 0 Å². The van der Waals surface area contributed by atoms with E-state index in [9.17, 15) is 8.78 Å². The maximum atomic E-state index is 13.6. The lowest BCUT2D eigenvalue weighted by atomic mass is 10.1. The molecule has 16 heavy (non-hydrogen) atoms. The number of aliphatic hydroxyl groups excluding tert-OH is 1. The van der Waals surface area contributed by atoms with E-state index in [2.05, 4.69) is 4.98 Å². The zero-order valence-corrected chi connectivity index (χ0v) is 9.06. The van der Waals surface area contributed by atoms with Crippen molar-refractivity contribution in [2.75, 3.05) is 6.61 Å². The molecule has 0 saturated carbocycles. The van der Waals surface area contributed by atoms with Crippen molar-refractivity contribution in [3.63, 3.8) is 0 Å². The molecule has 86 valence electrons. The second kappa shape index (κ2) is 4.03. The van der Waals surface area contributed by atoms with Gasteiger partial charge in [0, 0.05) is 40.7 Å². The molecule has 1 aromatic heterocycles. The third kappa shape index (κ3) is 1.90. The van der Waals surface area contributed by atoms with Crippen LogP contribution in [0.2, 0.25) is 5.02 Å². The maximum absolute atomic E-state index is 13.6. The standard InChI is InChI=1S/C11H10ClF2NO/c12-7-1-2-8-9(6-15-10(8)5-7)11(13,14)3-4-16/h1-2,5-6,15-16H,3-4H2. The molecule has 2 rings (SSSR count). The Kier molecular flexibility index (Phi) is 2.86. The molecule has 0 saturated heterocycles. The van der Waals surface area contributed by atoms with Crippen molar-refractivity contribution >= 4 is 22.5 Å². The monoisotopic (exact) mass is 245 g/mol. The number of H-pyrrole nitrogens is 1. The van der Waals surface area contributed by atoms with Gasteiger partial charge in [-0.05, 0) is 12.1 Å². The number of hydrogen-bond acceptors (Lipinski definition) is 1. The zero-order chi connectivity index (χ0) is 11.8. The molecule has 2 aromatic rings. The summed E-state index contributed by atoms with van der Waals surface area (Å²) in [4.78, 5) is 2.75. The minimum Gasteiger partial charge on any atom is -0.396 e. The molecule has 0 radical (unpaired) electrons. The van der Waals surface area contributed by atoms with Gasteiger partial charge in [0.05, 0.1) is 0 Å². The first kappa shape index (κ1) is 11.4. The summed E-state index contributed by atoms with van der Waals surface area (Å²) in [5, 5.41) is 9.53. The molecular formula is C11H10ClF2NO. The summed E-state index contributed by atoms with van der Waals surface area (Å²) in [6.07, 6.45) is 0.680. The Morgan fingerprint density at radius 3 is 2.81 bits per heavy atom. The van der Waals surface area contributed by atoms with Gasteiger partial charge in [0.1, 0.15) is 0 Å². The van der Waals surface area contributed by atoms with Crippen molar-refractivity contribution in [3.8, 4) is 0 Å². The third-order valence-electron chi connectivity index (χ3n) is 2.46. The second-order valence-electron chi connectivity index (χ2n) is 3.57. The molecule has 2 N–H and O–H groups in total.